The van der Waals surface area contributed by atoms with E-state index in [0.717, 1.165) is 18.5 Å². The maximum atomic E-state index is 11.8. The number of nitrogens with one attached hydrogen (secondary N) is 1. The van der Waals surface area contributed by atoms with Crippen molar-refractivity contribution in [2.45, 2.75) is 0 Å². The van der Waals surface area contributed by atoms with Crippen LogP contribution >= 0.6 is 45.2 Å². The second-order valence-corrected chi connectivity index (χ2v) is 6.65. The summed E-state index contributed by atoms with van der Waals surface area (Å²) in [6.07, 6.45) is 4.85. The van der Waals surface area contributed by atoms with E-state index in [1.807, 2.05) is 12.1 Å². The molecule has 0 radical (unpaired) electrons. The third kappa shape index (κ3) is 5.27. The number of ether oxygens (including phenoxy) is 1. The van der Waals surface area contributed by atoms with Crippen LogP contribution in [0.4, 0.5) is 0 Å². The zero-order chi connectivity index (χ0) is 16.7. The Morgan fingerprint density at radius 3 is 2.70 bits per heavy atom. The SMILES string of the molecule is C=CCOc1c(I)cc(/C=N\NC(=O)c2ccccn2)cc1I. The molecule has 7 heteroatoms. The van der Waals surface area contributed by atoms with Gasteiger partial charge in [-0.3, -0.25) is 9.78 Å². The van der Waals surface area contributed by atoms with Gasteiger partial charge in [0, 0.05) is 6.20 Å². The van der Waals surface area contributed by atoms with E-state index >= 15 is 0 Å². The number of hydrogen-bond donors (Lipinski definition) is 1. The number of carbonyl (C=O) groups is 1. The van der Waals surface area contributed by atoms with Crippen molar-refractivity contribution < 1.29 is 9.53 Å². The summed E-state index contributed by atoms with van der Waals surface area (Å²) < 4.78 is 7.55. The number of hydrogen-bond acceptors (Lipinski definition) is 4. The number of carbonyl (C=O) groups excluding carboxylic acids is 1. The highest BCUT2D eigenvalue weighted by Gasteiger charge is 2.08. The van der Waals surface area contributed by atoms with Gasteiger partial charge in [-0.05, 0) is 75.0 Å². The van der Waals surface area contributed by atoms with E-state index in [0.29, 0.717) is 12.3 Å². The fourth-order valence-electron chi connectivity index (χ4n) is 1.65. The number of amides is 1. The molecular weight excluding hydrogens is 520 g/mol. The highest BCUT2D eigenvalue weighted by Crippen LogP contribution is 2.28. The van der Waals surface area contributed by atoms with Crippen molar-refractivity contribution in [2.24, 2.45) is 5.10 Å². The van der Waals surface area contributed by atoms with Crippen LogP contribution in [-0.4, -0.2) is 23.7 Å². The first kappa shape index (κ1) is 17.9. The average molecular weight is 533 g/mol. The van der Waals surface area contributed by atoms with Crippen molar-refractivity contribution in [2.75, 3.05) is 6.61 Å². The molecule has 5 nitrogen and oxygen atoms in total. The highest BCUT2D eigenvalue weighted by atomic mass is 127. The molecule has 0 aliphatic rings. The van der Waals surface area contributed by atoms with Crippen LogP contribution in [0.2, 0.25) is 0 Å². The zero-order valence-electron chi connectivity index (χ0n) is 12.0. The minimum absolute atomic E-state index is 0.321. The molecule has 0 fully saturated rings. The van der Waals surface area contributed by atoms with Crippen LogP contribution in [0.25, 0.3) is 0 Å². The van der Waals surface area contributed by atoms with Gasteiger partial charge < -0.3 is 4.74 Å². The molecule has 0 aliphatic carbocycles. The van der Waals surface area contributed by atoms with Gasteiger partial charge in [0.2, 0.25) is 0 Å². The number of benzene rings is 1. The molecule has 0 unspecified atom stereocenters. The Hall–Kier alpha value is -1.49. The first-order chi connectivity index (χ1) is 11.1. The summed E-state index contributed by atoms with van der Waals surface area (Å²) in [6.45, 7) is 4.10. The predicted molar refractivity (Wildman–Crippen MR) is 107 cm³/mol. The van der Waals surface area contributed by atoms with Gasteiger partial charge in [0.05, 0.1) is 13.4 Å². The third-order valence-corrected chi connectivity index (χ3v) is 4.25. The Labute approximate surface area is 161 Å². The van der Waals surface area contributed by atoms with Gasteiger partial charge >= 0.3 is 0 Å². The molecule has 1 heterocycles. The van der Waals surface area contributed by atoms with E-state index in [2.05, 4.69) is 67.3 Å². The summed E-state index contributed by atoms with van der Waals surface area (Å²) in [6, 6.07) is 8.98. The number of halogens is 2. The summed E-state index contributed by atoms with van der Waals surface area (Å²) in [5.74, 6) is 0.470. The Morgan fingerprint density at radius 1 is 1.35 bits per heavy atom. The molecule has 2 aromatic rings. The first-order valence-corrected chi connectivity index (χ1v) is 8.74. The van der Waals surface area contributed by atoms with E-state index in [1.54, 1.807) is 36.7 Å². The van der Waals surface area contributed by atoms with Gasteiger partial charge in [-0.1, -0.05) is 18.7 Å². The minimum atomic E-state index is -0.350. The quantitative estimate of drug-likeness (QED) is 0.267. The predicted octanol–water partition coefficient (Wildman–Crippen LogP) is 3.62. The van der Waals surface area contributed by atoms with E-state index in [4.69, 9.17) is 4.74 Å². The molecule has 0 aliphatic heterocycles. The number of nitrogens with zero attached hydrogens (tertiary/aromatic N) is 2. The van der Waals surface area contributed by atoms with Gasteiger partial charge in [-0.2, -0.15) is 5.10 Å². The molecule has 0 spiro atoms. The molecule has 2 rings (SSSR count). The lowest BCUT2D eigenvalue weighted by atomic mass is 10.2. The third-order valence-electron chi connectivity index (χ3n) is 2.64. The lowest BCUT2D eigenvalue weighted by molar-refractivity contribution is 0.0950. The summed E-state index contributed by atoms with van der Waals surface area (Å²) in [7, 11) is 0. The van der Waals surface area contributed by atoms with Crippen molar-refractivity contribution in [3.63, 3.8) is 0 Å². The van der Waals surface area contributed by atoms with Crippen LogP contribution in [0, 0.1) is 7.14 Å². The molecule has 1 aromatic carbocycles. The fraction of sp³-hybridized carbons (Fsp3) is 0.0625. The lowest BCUT2D eigenvalue weighted by Crippen LogP contribution is -2.18. The van der Waals surface area contributed by atoms with Crippen molar-refractivity contribution in [1.82, 2.24) is 10.4 Å². The van der Waals surface area contributed by atoms with Gasteiger partial charge in [0.1, 0.15) is 18.1 Å². The molecular formula is C16H13I2N3O2. The lowest BCUT2D eigenvalue weighted by Gasteiger charge is -2.09. The van der Waals surface area contributed by atoms with Crippen molar-refractivity contribution in [3.05, 3.63) is 67.6 Å². The van der Waals surface area contributed by atoms with Crippen LogP contribution in [-0.2, 0) is 0 Å². The normalized spacial score (nSPS) is 10.5. The topological polar surface area (TPSA) is 63.6 Å². The van der Waals surface area contributed by atoms with Crippen molar-refractivity contribution in [1.29, 1.82) is 0 Å². The maximum Gasteiger partial charge on any atom is 0.289 e. The number of hydrazone groups is 1. The molecule has 0 saturated carbocycles. The Morgan fingerprint density at radius 2 is 2.09 bits per heavy atom. The van der Waals surface area contributed by atoms with Crippen LogP contribution in [0.3, 0.4) is 0 Å². The number of pyridine rings is 1. The largest absolute Gasteiger partial charge is 0.487 e. The van der Waals surface area contributed by atoms with Gasteiger partial charge in [0.15, 0.2) is 0 Å². The maximum absolute atomic E-state index is 11.8. The van der Waals surface area contributed by atoms with Crippen LogP contribution < -0.4 is 10.2 Å². The van der Waals surface area contributed by atoms with Gasteiger partial charge in [0.25, 0.3) is 5.91 Å². The van der Waals surface area contributed by atoms with Crippen molar-refractivity contribution in [3.8, 4) is 5.75 Å². The van der Waals surface area contributed by atoms with E-state index in [-0.39, 0.29) is 5.91 Å². The monoisotopic (exact) mass is 533 g/mol. The molecule has 0 saturated heterocycles. The smallest absolute Gasteiger partial charge is 0.289 e. The molecule has 0 bridgehead atoms. The van der Waals surface area contributed by atoms with Crippen molar-refractivity contribution >= 4 is 57.3 Å². The van der Waals surface area contributed by atoms with Gasteiger partial charge in [-0.15, -0.1) is 0 Å². The molecule has 118 valence electrons. The second kappa shape index (κ2) is 8.96. The van der Waals surface area contributed by atoms with Crippen LogP contribution in [0.15, 0.2) is 54.3 Å². The number of aromatic nitrogens is 1. The average Bonchev–Trinajstić information content (AvgIpc) is 2.55. The first-order valence-electron chi connectivity index (χ1n) is 6.59. The highest BCUT2D eigenvalue weighted by molar-refractivity contribution is 14.1. The Balaban J connectivity index is 2.05. The summed E-state index contributed by atoms with van der Waals surface area (Å²) in [4.78, 5) is 15.8. The molecule has 0 atom stereocenters. The van der Waals surface area contributed by atoms with Crippen LogP contribution in [0.5, 0.6) is 5.75 Å². The van der Waals surface area contributed by atoms with E-state index < -0.39 is 0 Å². The molecule has 1 N–H and O–H groups in total. The summed E-state index contributed by atoms with van der Waals surface area (Å²) >= 11 is 4.41. The Kier molecular flexibility index (Phi) is 6.96. The number of rotatable bonds is 6. The summed E-state index contributed by atoms with van der Waals surface area (Å²) in [5.41, 5.74) is 3.64. The second-order valence-electron chi connectivity index (χ2n) is 4.33. The molecule has 1 aromatic heterocycles. The van der Waals surface area contributed by atoms with E-state index in [1.165, 1.54) is 0 Å². The van der Waals surface area contributed by atoms with Crippen LogP contribution in [0.1, 0.15) is 16.1 Å². The van der Waals surface area contributed by atoms with E-state index in [9.17, 15) is 4.79 Å². The Bertz CT molecular complexity index is 710. The zero-order valence-corrected chi connectivity index (χ0v) is 16.3. The minimum Gasteiger partial charge on any atom is -0.487 e. The molecule has 1 amide bonds. The standard InChI is InChI=1S/C16H13I2N3O2/c1-2-7-23-15-12(17)8-11(9-13(15)18)10-20-21-16(22)14-5-3-4-6-19-14/h2-6,8-10H,1,7H2,(H,21,22)/b20-10-. The van der Waals surface area contributed by atoms with Gasteiger partial charge in [-0.25, -0.2) is 5.43 Å². The summed E-state index contributed by atoms with van der Waals surface area (Å²) in [5, 5.41) is 3.96. The fourth-order valence-corrected chi connectivity index (χ4v) is 3.78. The molecule has 23 heavy (non-hydrogen) atoms.